The van der Waals surface area contributed by atoms with Crippen molar-refractivity contribution in [3.05, 3.63) is 71.2 Å². The fourth-order valence-corrected chi connectivity index (χ4v) is 3.13. The van der Waals surface area contributed by atoms with Crippen molar-refractivity contribution in [1.82, 2.24) is 19.7 Å². The summed E-state index contributed by atoms with van der Waals surface area (Å²) in [6.07, 6.45) is 8.21. The van der Waals surface area contributed by atoms with E-state index in [0.29, 0.717) is 6.42 Å². The average Bonchev–Trinajstić information content (AvgIpc) is 3.28. The van der Waals surface area contributed by atoms with Gasteiger partial charge >= 0.3 is 0 Å². The minimum Gasteiger partial charge on any atom is -0.348 e. The highest BCUT2D eigenvalue weighted by Gasteiger charge is 2.21. The van der Waals surface area contributed by atoms with Gasteiger partial charge in [-0.3, -0.25) is 9.48 Å². The van der Waals surface area contributed by atoms with Crippen LogP contribution >= 0.6 is 15.9 Å². The van der Waals surface area contributed by atoms with Gasteiger partial charge in [-0.2, -0.15) is 5.10 Å². The Kier molecular flexibility index (Phi) is 5.38. The van der Waals surface area contributed by atoms with Gasteiger partial charge in [-0.15, -0.1) is 0 Å². The van der Waals surface area contributed by atoms with Crippen LogP contribution in [0.5, 0.6) is 0 Å². The Morgan fingerprint density at radius 1 is 1.28 bits per heavy atom. The summed E-state index contributed by atoms with van der Waals surface area (Å²) in [6.45, 7) is 3.98. The second kappa shape index (κ2) is 7.70. The summed E-state index contributed by atoms with van der Waals surface area (Å²) in [5, 5.41) is 7.34. The number of amides is 1. The first-order valence-electron chi connectivity index (χ1n) is 8.32. The van der Waals surface area contributed by atoms with Crippen LogP contribution in [0.3, 0.4) is 0 Å². The highest BCUT2D eigenvalue weighted by molar-refractivity contribution is 9.10. The first-order chi connectivity index (χ1) is 12.1. The molecule has 1 aromatic carbocycles. The Morgan fingerprint density at radius 2 is 2.04 bits per heavy atom. The van der Waals surface area contributed by atoms with E-state index < -0.39 is 0 Å². The lowest BCUT2D eigenvalue weighted by Crippen LogP contribution is -2.34. The number of carbonyl (C=O) groups is 1. The van der Waals surface area contributed by atoms with Crippen molar-refractivity contribution in [2.24, 2.45) is 0 Å². The molecule has 0 saturated heterocycles. The van der Waals surface area contributed by atoms with Gasteiger partial charge in [-0.25, -0.2) is 0 Å². The summed E-state index contributed by atoms with van der Waals surface area (Å²) in [4.78, 5) is 12.7. The molecule has 0 spiro atoms. The Labute approximate surface area is 155 Å². The molecule has 1 N–H and O–H groups in total. The number of nitrogens with zero attached hydrogens (tertiary/aromatic N) is 3. The predicted octanol–water partition coefficient (Wildman–Crippen LogP) is 4.26. The molecule has 5 nitrogen and oxygen atoms in total. The molecule has 0 aliphatic carbocycles. The summed E-state index contributed by atoms with van der Waals surface area (Å²) in [7, 11) is 0. The van der Waals surface area contributed by atoms with Crippen LogP contribution in [0.25, 0.3) is 5.69 Å². The molecule has 0 saturated carbocycles. The largest absolute Gasteiger partial charge is 0.348 e. The van der Waals surface area contributed by atoms with Crippen molar-refractivity contribution in [1.29, 1.82) is 0 Å². The van der Waals surface area contributed by atoms with E-state index in [1.165, 1.54) is 0 Å². The summed E-state index contributed by atoms with van der Waals surface area (Å²) in [5.41, 5.74) is 2.14. The summed E-state index contributed by atoms with van der Waals surface area (Å²) in [5.74, 6) is -0.0306. The number of benzene rings is 1. The van der Waals surface area contributed by atoms with Crippen LogP contribution in [-0.4, -0.2) is 20.3 Å². The van der Waals surface area contributed by atoms with Crippen LogP contribution in [0.2, 0.25) is 0 Å². The van der Waals surface area contributed by atoms with E-state index in [4.69, 9.17) is 0 Å². The first-order valence-corrected chi connectivity index (χ1v) is 9.11. The third-order valence-corrected chi connectivity index (χ3v) is 4.62. The first kappa shape index (κ1) is 17.5. The second-order valence-electron chi connectivity index (χ2n) is 5.98. The smallest absolute Gasteiger partial charge is 0.245 e. The molecule has 0 aliphatic heterocycles. The highest BCUT2D eigenvalue weighted by Crippen LogP contribution is 2.20. The Morgan fingerprint density at radius 3 is 2.68 bits per heavy atom. The normalized spacial score (nSPS) is 13.4. The van der Waals surface area contributed by atoms with Crippen LogP contribution in [0.15, 0.2) is 65.7 Å². The lowest BCUT2D eigenvalue weighted by molar-refractivity contribution is -0.125. The Hall–Kier alpha value is -2.34. The van der Waals surface area contributed by atoms with Gasteiger partial charge in [0.05, 0.1) is 16.7 Å². The third kappa shape index (κ3) is 4.02. The number of nitrogens with one attached hydrogen (secondary N) is 1. The molecule has 2 unspecified atom stereocenters. The summed E-state index contributed by atoms with van der Waals surface area (Å²) in [6, 6.07) is 11.8. The van der Waals surface area contributed by atoms with Crippen molar-refractivity contribution in [2.75, 3.05) is 0 Å². The van der Waals surface area contributed by atoms with Crippen LogP contribution in [0.1, 0.15) is 37.9 Å². The van der Waals surface area contributed by atoms with E-state index in [9.17, 15) is 4.79 Å². The van der Waals surface area contributed by atoms with Crippen LogP contribution in [0, 0.1) is 0 Å². The van der Waals surface area contributed by atoms with Crippen molar-refractivity contribution < 1.29 is 4.79 Å². The molecule has 3 aromatic rings. The molecule has 25 heavy (non-hydrogen) atoms. The standard InChI is InChI=1S/C19H21BrN4O/c1-3-18(24-13-16(20)12-21-24)19(25)22-14(2)15-7-6-8-17(11-15)23-9-4-5-10-23/h4-14,18H,3H2,1-2H3,(H,22,25). The van der Waals surface area contributed by atoms with Gasteiger partial charge in [0.25, 0.3) is 0 Å². The van der Waals surface area contributed by atoms with E-state index >= 15 is 0 Å². The molecule has 0 aliphatic rings. The van der Waals surface area contributed by atoms with E-state index in [1.54, 1.807) is 10.9 Å². The van der Waals surface area contributed by atoms with Crippen LogP contribution in [0.4, 0.5) is 0 Å². The van der Waals surface area contributed by atoms with Crippen LogP contribution < -0.4 is 5.32 Å². The average molecular weight is 401 g/mol. The molecule has 130 valence electrons. The van der Waals surface area contributed by atoms with Gasteiger partial charge in [0.1, 0.15) is 6.04 Å². The van der Waals surface area contributed by atoms with E-state index in [-0.39, 0.29) is 18.0 Å². The molecule has 0 bridgehead atoms. The highest BCUT2D eigenvalue weighted by atomic mass is 79.9. The Balaban J connectivity index is 1.74. The zero-order valence-corrected chi connectivity index (χ0v) is 15.8. The zero-order valence-electron chi connectivity index (χ0n) is 14.3. The van der Waals surface area contributed by atoms with E-state index in [2.05, 4.69) is 32.4 Å². The topological polar surface area (TPSA) is 51.9 Å². The third-order valence-electron chi connectivity index (χ3n) is 4.21. The van der Waals surface area contributed by atoms with E-state index in [1.807, 2.05) is 67.3 Å². The molecule has 2 heterocycles. The minimum absolute atomic E-state index is 0.0306. The number of hydrogen-bond donors (Lipinski definition) is 1. The quantitative estimate of drug-likeness (QED) is 0.671. The molecule has 0 radical (unpaired) electrons. The molecule has 2 aromatic heterocycles. The number of halogens is 1. The van der Waals surface area contributed by atoms with Gasteiger partial charge in [0, 0.05) is 24.3 Å². The van der Waals surface area contributed by atoms with E-state index in [0.717, 1.165) is 15.7 Å². The zero-order chi connectivity index (χ0) is 17.8. The van der Waals surface area contributed by atoms with Crippen molar-refractivity contribution in [3.8, 4) is 5.69 Å². The van der Waals surface area contributed by atoms with Gasteiger partial charge in [0.15, 0.2) is 0 Å². The maximum atomic E-state index is 12.7. The molecule has 0 fully saturated rings. The number of hydrogen-bond acceptors (Lipinski definition) is 2. The lowest BCUT2D eigenvalue weighted by atomic mass is 10.1. The molecule has 3 rings (SSSR count). The fourth-order valence-electron chi connectivity index (χ4n) is 2.83. The van der Waals surface area contributed by atoms with Crippen LogP contribution in [-0.2, 0) is 4.79 Å². The Bertz CT molecular complexity index is 841. The fraction of sp³-hybridized carbons (Fsp3) is 0.263. The maximum Gasteiger partial charge on any atom is 0.245 e. The molecule has 1 amide bonds. The molecule has 2 atom stereocenters. The summed E-state index contributed by atoms with van der Waals surface area (Å²) < 4.78 is 4.61. The molecule has 6 heteroatoms. The molecular weight excluding hydrogens is 380 g/mol. The number of aromatic nitrogens is 3. The summed E-state index contributed by atoms with van der Waals surface area (Å²) >= 11 is 3.38. The predicted molar refractivity (Wildman–Crippen MR) is 102 cm³/mol. The van der Waals surface area contributed by atoms with Crippen molar-refractivity contribution >= 4 is 21.8 Å². The SMILES string of the molecule is CCC(C(=O)NC(C)c1cccc(-n2cccc2)c1)n1cc(Br)cn1. The lowest BCUT2D eigenvalue weighted by Gasteiger charge is -2.20. The van der Waals surface area contributed by atoms with Crippen molar-refractivity contribution in [3.63, 3.8) is 0 Å². The second-order valence-corrected chi connectivity index (χ2v) is 6.89. The monoisotopic (exact) mass is 400 g/mol. The molecular formula is C19H21BrN4O. The maximum absolute atomic E-state index is 12.7. The number of carbonyl (C=O) groups excluding carboxylic acids is 1. The number of rotatable bonds is 6. The van der Waals surface area contributed by atoms with Gasteiger partial charge < -0.3 is 9.88 Å². The van der Waals surface area contributed by atoms with Crippen molar-refractivity contribution in [2.45, 2.75) is 32.4 Å². The van der Waals surface area contributed by atoms with Gasteiger partial charge in [0.2, 0.25) is 5.91 Å². The van der Waals surface area contributed by atoms with Gasteiger partial charge in [-0.1, -0.05) is 19.1 Å². The van der Waals surface area contributed by atoms with Gasteiger partial charge in [-0.05, 0) is 59.1 Å². The minimum atomic E-state index is -0.318.